The smallest absolute Gasteiger partial charge is 0.261 e. The minimum absolute atomic E-state index is 0.0331. The quantitative estimate of drug-likeness (QED) is 0.745. The summed E-state index contributed by atoms with van der Waals surface area (Å²) in [5.41, 5.74) is 1.19. The van der Waals surface area contributed by atoms with Crippen molar-refractivity contribution < 1.29 is 9.59 Å². The van der Waals surface area contributed by atoms with E-state index in [2.05, 4.69) is 10.3 Å². The predicted molar refractivity (Wildman–Crippen MR) is 101 cm³/mol. The van der Waals surface area contributed by atoms with Gasteiger partial charge in [0.25, 0.3) is 11.5 Å². The largest absolute Gasteiger partial charge is 0.325 e. The Labute approximate surface area is 150 Å². The molecule has 2 N–H and O–H groups in total. The molecular formula is C21H18N2O3. The number of H-pyrrole nitrogens is 1. The molecule has 0 saturated heterocycles. The summed E-state index contributed by atoms with van der Waals surface area (Å²) in [7, 11) is 0. The molecule has 0 saturated carbocycles. The Hall–Kier alpha value is -3.21. The van der Waals surface area contributed by atoms with Gasteiger partial charge in [0.15, 0.2) is 5.78 Å². The number of Topliss-reactive ketones (excluding diaryl/α,β-unsaturated/α-hetero) is 1. The van der Waals surface area contributed by atoms with E-state index in [4.69, 9.17) is 0 Å². The lowest BCUT2D eigenvalue weighted by molar-refractivity contribution is 0.0952. The van der Waals surface area contributed by atoms with Crippen molar-refractivity contribution in [2.24, 2.45) is 5.92 Å². The zero-order valence-electron chi connectivity index (χ0n) is 14.3. The first kappa shape index (κ1) is 16.3. The third kappa shape index (κ3) is 2.81. The summed E-state index contributed by atoms with van der Waals surface area (Å²) in [5.74, 6) is -0.355. The fourth-order valence-electron chi connectivity index (χ4n) is 3.52. The summed E-state index contributed by atoms with van der Waals surface area (Å²) in [6.45, 7) is 1.97. The number of pyridine rings is 1. The number of rotatable bonds is 2. The molecule has 0 bridgehead atoms. The number of nitrogens with one attached hydrogen (secondary N) is 2. The zero-order valence-corrected chi connectivity index (χ0v) is 14.3. The van der Waals surface area contributed by atoms with Crippen molar-refractivity contribution in [1.82, 2.24) is 4.98 Å². The second kappa shape index (κ2) is 6.26. The topological polar surface area (TPSA) is 79.0 Å². The average Bonchev–Trinajstić information content (AvgIpc) is 2.61. The Kier molecular flexibility index (Phi) is 3.92. The summed E-state index contributed by atoms with van der Waals surface area (Å²) in [6.07, 6.45) is 1.07. The van der Waals surface area contributed by atoms with E-state index in [0.29, 0.717) is 29.8 Å². The van der Waals surface area contributed by atoms with Gasteiger partial charge in [0.05, 0.1) is 0 Å². The van der Waals surface area contributed by atoms with Gasteiger partial charge in [-0.3, -0.25) is 14.4 Å². The summed E-state index contributed by atoms with van der Waals surface area (Å²) < 4.78 is 0. The Bertz CT molecular complexity index is 1090. The Morgan fingerprint density at radius 2 is 1.85 bits per heavy atom. The standard InChI is InChI=1S/C21H18N2O3/c1-12-9-18-15(19(24)10-12)11-16(21(26)23-18)20(25)22-17-8-4-6-13-5-2-3-7-14(13)17/h2-8,11-12H,9-10H2,1H3,(H,22,25)(H,23,26)/t12-/m1/s1. The number of carbonyl (C=O) groups is 2. The first-order chi connectivity index (χ1) is 12.5. The lowest BCUT2D eigenvalue weighted by Gasteiger charge is -2.20. The zero-order chi connectivity index (χ0) is 18.3. The third-order valence-electron chi connectivity index (χ3n) is 4.79. The molecule has 1 amide bonds. The Morgan fingerprint density at radius 3 is 2.69 bits per heavy atom. The van der Waals surface area contributed by atoms with E-state index in [1.165, 1.54) is 6.07 Å². The van der Waals surface area contributed by atoms with Crippen molar-refractivity contribution >= 4 is 28.2 Å². The number of anilines is 1. The van der Waals surface area contributed by atoms with Gasteiger partial charge in [0.1, 0.15) is 5.56 Å². The van der Waals surface area contributed by atoms with E-state index < -0.39 is 11.5 Å². The highest BCUT2D eigenvalue weighted by atomic mass is 16.2. The number of aromatic amines is 1. The Morgan fingerprint density at radius 1 is 1.08 bits per heavy atom. The molecule has 1 aliphatic rings. The predicted octanol–water partition coefficient (Wildman–Crippen LogP) is 3.55. The number of benzene rings is 2. The molecular weight excluding hydrogens is 328 g/mol. The van der Waals surface area contributed by atoms with Crippen molar-refractivity contribution in [3.63, 3.8) is 0 Å². The number of aromatic nitrogens is 1. The number of ketones is 1. The highest BCUT2D eigenvalue weighted by molar-refractivity contribution is 6.10. The summed E-state index contributed by atoms with van der Waals surface area (Å²) in [5, 5.41) is 4.69. The van der Waals surface area contributed by atoms with Crippen LogP contribution in [0.15, 0.2) is 53.3 Å². The van der Waals surface area contributed by atoms with E-state index in [1.807, 2.05) is 43.3 Å². The molecule has 130 valence electrons. The SMILES string of the molecule is C[C@H]1CC(=O)c2cc(C(=O)Nc3cccc4ccccc34)c(=O)[nH]c2C1. The first-order valence-corrected chi connectivity index (χ1v) is 8.61. The van der Waals surface area contributed by atoms with Crippen molar-refractivity contribution in [3.05, 3.63) is 75.7 Å². The second-order valence-electron chi connectivity index (χ2n) is 6.82. The van der Waals surface area contributed by atoms with E-state index in [0.717, 1.165) is 10.8 Å². The molecule has 0 radical (unpaired) electrons. The van der Waals surface area contributed by atoms with Gasteiger partial charge in [-0.05, 0) is 29.9 Å². The molecule has 1 atom stereocenters. The number of hydrogen-bond donors (Lipinski definition) is 2. The Balaban J connectivity index is 1.72. The normalized spacial score (nSPS) is 16.3. The fourth-order valence-corrected chi connectivity index (χ4v) is 3.52. The molecule has 26 heavy (non-hydrogen) atoms. The van der Waals surface area contributed by atoms with E-state index >= 15 is 0 Å². The molecule has 1 aromatic heterocycles. The van der Waals surface area contributed by atoms with Gasteiger partial charge in [0, 0.05) is 28.8 Å². The molecule has 2 aromatic carbocycles. The molecule has 5 nitrogen and oxygen atoms in total. The summed E-state index contributed by atoms with van der Waals surface area (Å²) in [6, 6.07) is 14.7. The van der Waals surface area contributed by atoms with Crippen LogP contribution in [0.4, 0.5) is 5.69 Å². The summed E-state index contributed by atoms with van der Waals surface area (Å²) in [4.78, 5) is 40.1. The maximum atomic E-state index is 12.7. The van der Waals surface area contributed by atoms with E-state index in [-0.39, 0.29) is 17.3 Å². The molecule has 3 aromatic rings. The van der Waals surface area contributed by atoms with Crippen LogP contribution in [0.3, 0.4) is 0 Å². The van der Waals surface area contributed by atoms with Crippen LogP contribution in [0.25, 0.3) is 10.8 Å². The van der Waals surface area contributed by atoms with Crippen LogP contribution in [0, 0.1) is 5.92 Å². The van der Waals surface area contributed by atoms with Crippen LogP contribution in [0.5, 0.6) is 0 Å². The fraction of sp³-hybridized carbons (Fsp3) is 0.190. The summed E-state index contributed by atoms with van der Waals surface area (Å²) >= 11 is 0. The first-order valence-electron chi connectivity index (χ1n) is 8.61. The molecule has 4 rings (SSSR count). The number of amides is 1. The van der Waals surface area contributed by atoms with Crippen LogP contribution in [0.1, 0.15) is 39.8 Å². The van der Waals surface area contributed by atoms with Gasteiger partial charge in [-0.2, -0.15) is 0 Å². The van der Waals surface area contributed by atoms with Crippen molar-refractivity contribution in [2.75, 3.05) is 5.32 Å². The molecule has 1 heterocycles. The van der Waals surface area contributed by atoms with Crippen LogP contribution in [-0.2, 0) is 6.42 Å². The molecule has 0 aliphatic heterocycles. The van der Waals surface area contributed by atoms with Gasteiger partial charge >= 0.3 is 0 Å². The van der Waals surface area contributed by atoms with Gasteiger partial charge in [-0.1, -0.05) is 43.3 Å². The van der Waals surface area contributed by atoms with Crippen LogP contribution >= 0.6 is 0 Å². The van der Waals surface area contributed by atoms with Gasteiger partial charge in [-0.25, -0.2) is 0 Å². The lowest BCUT2D eigenvalue weighted by atomic mass is 9.86. The minimum atomic E-state index is -0.517. The number of hydrogen-bond acceptors (Lipinski definition) is 3. The van der Waals surface area contributed by atoms with Crippen LogP contribution in [-0.4, -0.2) is 16.7 Å². The second-order valence-corrected chi connectivity index (χ2v) is 6.82. The monoisotopic (exact) mass is 346 g/mol. The molecule has 0 unspecified atom stereocenters. The minimum Gasteiger partial charge on any atom is -0.325 e. The van der Waals surface area contributed by atoms with Crippen molar-refractivity contribution in [3.8, 4) is 0 Å². The molecule has 1 aliphatic carbocycles. The van der Waals surface area contributed by atoms with E-state index in [1.54, 1.807) is 6.07 Å². The molecule has 5 heteroatoms. The van der Waals surface area contributed by atoms with Crippen molar-refractivity contribution in [1.29, 1.82) is 0 Å². The lowest BCUT2D eigenvalue weighted by Crippen LogP contribution is -2.29. The molecule has 0 fully saturated rings. The average molecular weight is 346 g/mol. The highest BCUT2D eigenvalue weighted by Gasteiger charge is 2.25. The van der Waals surface area contributed by atoms with Crippen LogP contribution in [0.2, 0.25) is 0 Å². The number of fused-ring (bicyclic) bond motifs is 2. The number of carbonyl (C=O) groups excluding carboxylic acids is 2. The van der Waals surface area contributed by atoms with Gasteiger partial charge < -0.3 is 10.3 Å². The maximum Gasteiger partial charge on any atom is 0.261 e. The third-order valence-corrected chi connectivity index (χ3v) is 4.79. The van der Waals surface area contributed by atoms with Gasteiger partial charge in [0.2, 0.25) is 0 Å². The molecule has 0 spiro atoms. The van der Waals surface area contributed by atoms with E-state index in [9.17, 15) is 14.4 Å². The van der Waals surface area contributed by atoms with Crippen LogP contribution < -0.4 is 10.9 Å². The van der Waals surface area contributed by atoms with Crippen molar-refractivity contribution in [2.45, 2.75) is 19.8 Å². The highest BCUT2D eigenvalue weighted by Crippen LogP contribution is 2.25. The maximum absolute atomic E-state index is 12.7. The van der Waals surface area contributed by atoms with Gasteiger partial charge in [-0.15, -0.1) is 0 Å².